The Labute approximate surface area is 122 Å². The fraction of sp³-hybridized carbons (Fsp3) is 0.176. The van der Waals surface area contributed by atoms with Crippen LogP contribution >= 0.6 is 0 Å². The highest BCUT2D eigenvalue weighted by atomic mass is 16.1. The first-order chi connectivity index (χ1) is 10.3. The molecule has 1 aromatic heterocycles. The van der Waals surface area contributed by atoms with Gasteiger partial charge in [-0.15, -0.1) is 0 Å². The second-order valence-corrected chi connectivity index (χ2v) is 4.95. The average molecular weight is 279 g/mol. The van der Waals surface area contributed by atoms with Crippen LogP contribution in [-0.4, -0.2) is 16.5 Å². The first-order valence-electron chi connectivity index (χ1n) is 7.10. The van der Waals surface area contributed by atoms with Gasteiger partial charge in [-0.1, -0.05) is 42.5 Å². The van der Waals surface area contributed by atoms with Crippen LogP contribution in [0.15, 0.2) is 59.4 Å². The summed E-state index contributed by atoms with van der Waals surface area (Å²) in [5.74, 6) is 0.534. The van der Waals surface area contributed by atoms with Crippen LogP contribution in [0.3, 0.4) is 0 Å². The summed E-state index contributed by atoms with van der Waals surface area (Å²) in [5, 5.41) is 3.80. The van der Waals surface area contributed by atoms with E-state index in [4.69, 9.17) is 0 Å². The van der Waals surface area contributed by atoms with Crippen LogP contribution in [0.4, 0.5) is 5.95 Å². The molecule has 0 atom stereocenters. The topological polar surface area (TPSA) is 57.8 Å². The van der Waals surface area contributed by atoms with E-state index in [0.717, 1.165) is 19.4 Å². The number of nitrogens with one attached hydrogen (secondary N) is 2. The molecule has 0 aliphatic heterocycles. The van der Waals surface area contributed by atoms with Gasteiger partial charge in [0, 0.05) is 6.54 Å². The highest BCUT2D eigenvalue weighted by Crippen LogP contribution is 2.08. The fourth-order valence-corrected chi connectivity index (χ4v) is 2.31. The summed E-state index contributed by atoms with van der Waals surface area (Å²) < 4.78 is 0. The second-order valence-electron chi connectivity index (χ2n) is 4.95. The van der Waals surface area contributed by atoms with Gasteiger partial charge in [0.15, 0.2) is 0 Å². The third kappa shape index (κ3) is 3.28. The van der Waals surface area contributed by atoms with Crippen LogP contribution in [0.5, 0.6) is 0 Å². The normalized spacial score (nSPS) is 10.7. The molecule has 0 saturated carbocycles. The fourth-order valence-electron chi connectivity index (χ4n) is 2.31. The summed E-state index contributed by atoms with van der Waals surface area (Å²) >= 11 is 0. The summed E-state index contributed by atoms with van der Waals surface area (Å²) in [6.45, 7) is 0.774. The Hall–Kier alpha value is -2.62. The Morgan fingerprint density at radius 3 is 2.62 bits per heavy atom. The predicted molar refractivity (Wildman–Crippen MR) is 85.6 cm³/mol. The van der Waals surface area contributed by atoms with E-state index in [9.17, 15) is 4.79 Å². The second kappa shape index (κ2) is 6.22. The largest absolute Gasteiger partial charge is 0.356 e. The highest BCUT2D eigenvalue weighted by Gasteiger charge is 2.02. The van der Waals surface area contributed by atoms with E-state index < -0.39 is 0 Å². The number of benzene rings is 2. The molecule has 0 aliphatic rings. The van der Waals surface area contributed by atoms with Gasteiger partial charge in [0.05, 0.1) is 10.9 Å². The molecule has 0 unspecified atom stereocenters. The Bertz CT molecular complexity index is 781. The Morgan fingerprint density at radius 2 is 1.76 bits per heavy atom. The number of rotatable bonds is 5. The molecule has 106 valence electrons. The van der Waals surface area contributed by atoms with Crippen LogP contribution in [0, 0.1) is 0 Å². The Kier molecular flexibility index (Phi) is 3.96. The van der Waals surface area contributed by atoms with Crippen LogP contribution in [0.1, 0.15) is 12.0 Å². The molecule has 2 N–H and O–H groups in total. The number of H-pyrrole nitrogens is 1. The molecule has 0 fully saturated rings. The molecule has 2 aromatic carbocycles. The van der Waals surface area contributed by atoms with E-state index in [1.165, 1.54) is 5.56 Å². The zero-order valence-corrected chi connectivity index (χ0v) is 11.7. The van der Waals surface area contributed by atoms with Crippen LogP contribution in [0.2, 0.25) is 0 Å². The zero-order chi connectivity index (χ0) is 14.5. The van der Waals surface area contributed by atoms with Gasteiger partial charge >= 0.3 is 0 Å². The maximum atomic E-state index is 11.9. The molecular weight excluding hydrogens is 262 g/mol. The number of para-hydroxylation sites is 1. The smallest absolute Gasteiger partial charge is 0.260 e. The third-order valence-electron chi connectivity index (χ3n) is 3.39. The number of aromatic amines is 1. The maximum Gasteiger partial charge on any atom is 0.260 e. The van der Waals surface area contributed by atoms with Gasteiger partial charge in [0.25, 0.3) is 5.56 Å². The van der Waals surface area contributed by atoms with Gasteiger partial charge in [-0.2, -0.15) is 0 Å². The standard InChI is InChI=1S/C17H17N3O/c21-16-14-10-4-5-11-15(14)19-17(20-16)18-12-6-9-13-7-2-1-3-8-13/h1-5,7-8,10-11H,6,9,12H2,(H2,18,19,20,21). The lowest BCUT2D eigenvalue weighted by molar-refractivity contribution is 0.853. The van der Waals surface area contributed by atoms with Crippen LogP contribution in [0.25, 0.3) is 10.9 Å². The number of nitrogens with zero attached hydrogens (tertiary/aromatic N) is 1. The Morgan fingerprint density at radius 1 is 1.00 bits per heavy atom. The summed E-state index contributed by atoms with van der Waals surface area (Å²) in [5.41, 5.74) is 1.93. The van der Waals surface area contributed by atoms with Crippen molar-refractivity contribution in [1.29, 1.82) is 0 Å². The van der Waals surface area contributed by atoms with Crippen molar-refractivity contribution < 1.29 is 0 Å². The Balaban J connectivity index is 1.62. The molecule has 0 bridgehead atoms. The van der Waals surface area contributed by atoms with Crippen molar-refractivity contribution in [2.24, 2.45) is 0 Å². The molecule has 0 amide bonds. The first-order valence-corrected chi connectivity index (χ1v) is 7.10. The van der Waals surface area contributed by atoms with E-state index in [-0.39, 0.29) is 5.56 Å². The van der Waals surface area contributed by atoms with Gasteiger partial charge in [-0.3, -0.25) is 9.78 Å². The molecule has 21 heavy (non-hydrogen) atoms. The number of aromatic nitrogens is 2. The monoisotopic (exact) mass is 279 g/mol. The third-order valence-corrected chi connectivity index (χ3v) is 3.39. The highest BCUT2D eigenvalue weighted by molar-refractivity contribution is 5.78. The number of fused-ring (bicyclic) bond motifs is 1. The van der Waals surface area contributed by atoms with Crippen molar-refractivity contribution >= 4 is 16.9 Å². The lowest BCUT2D eigenvalue weighted by atomic mass is 10.1. The molecule has 3 rings (SSSR count). The first kappa shape index (κ1) is 13.4. The van der Waals surface area contributed by atoms with Crippen LogP contribution in [-0.2, 0) is 6.42 Å². The van der Waals surface area contributed by atoms with Gasteiger partial charge in [0.1, 0.15) is 0 Å². The number of hydrogen-bond donors (Lipinski definition) is 2. The number of anilines is 1. The molecule has 0 radical (unpaired) electrons. The van der Waals surface area contributed by atoms with Gasteiger partial charge in [-0.25, -0.2) is 4.98 Å². The number of aryl methyl sites for hydroxylation is 1. The zero-order valence-electron chi connectivity index (χ0n) is 11.7. The molecule has 0 saturated heterocycles. The predicted octanol–water partition coefficient (Wildman–Crippen LogP) is 2.97. The maximum absolute atomic E-state index is 11.9. The van der Waals surface area contributed by atoms with Gasteiger partial charge in [-0.05, 0) is 30.5 Å². The molecule has 3 aromatic rings. The van der Waals surface area contributed by atoms with E-state index in [2.05, 4.69) is 27.4 Å². The molecule has 0 aliphatic carbocycles. The lowest BCUT2D eigenvalue weighted by Gasteiger charge is -2.06. The number of hydrogen-bond acceptors (Lipinski definition) is 3. The van der Waals surface area contributed by atoms with E-state index in [1.807, 2.05) is 36.4 Å². The van der Waals surface area contributed by atoms with Crippen LogP contribution < -0.4 is 10.9 Å². The van der Waals surface area contributed by atoms with Crippen molar-refractivity contribution in [2.45, 2.75) is 12.8 Å². The van der Waals surface area contributed by atoms with E-state index in [1.54, 1.807) is 6.07 Å². The SMILES string of the molecule is O=c1[nH]c(NCCCc2ccccc2)nc2ccccc12. The van der Waals surface area contributed by atoms with Crippen molar-refractivity contribution in [2.75, 3.05) is 11.9 Å². The molecule has 0 spiro atoms. The quantitative estimate of drug-likeness (QED) is 0.706. The molecule has 1 heterocycles. The minimum atomic E-state index is -0.105. The van der Waals surface area contributed by atoms with Crippen molar-refractivity contribution in [3.63, 3.8) is 0 Å². The summed E-state index contributed by atoms with van der Waals surface area (Å²) in [4.78, 5) is 19.1. The molecular formula is C17H17N3O. The molecule has 4 heteroatoms. The minimum absolute atomic E-state index is 0.105. The van der Waals surface area contributed by atoms with E-state index >= 15 is 0 Å². The van der Waals surface area contributed by atoms with Gasteiger partial charge < -0.3 is 5.32 Å². The summed E-state index contributed by atoms with van der Waals surface area (Å²) in [6.07, 6.45) is 1.99. The lowest BCUT2D eigenvalue weighted by Crippen LogP contribution is -2.14. The minimum Gasteiger partial charge on any atom is -0.356 e. The van der Waals surface area contributed by atoms with Crippen molar-refractivity contribution in [3.05, 3.63) is 70.5 Å². The summed E-state index contributed by atoms with van der Waals surface area (Å²) in [7, 11) is 0. The van der Waals surface area contributed by atoms with Gasteiger partial charge in [0.2, 0.25) is 5.95 Å². The average Bonchev–Trinajstić information content (AvgIpc) is 2.53. The van der Waals surface area contributed by atoms with Crippen molar-refractivity contribution in [1.82, 2.24) is 9.97 Å². The van der Waals surface area contributed by atoms with E-state index in [0.29, 0.717) is 16.9 Å². The molecule has 4 nitrogen and oxygen atoms in total. The van der Waals surface area contributed by atoms with Crippen molar-refractivity contribution in [3.8, 4) is 0 Å². The summed E-state index contributed by atoms with van der Waals surface area (Å²) in [6, 6.07) is 17.7.